The molecule has 0 spiro atoms. The Bertz CT molecular complexity index is 185. The van der Waals surface area contributed by atoms with Crippen molar-refractivity contribution < 1.29 is 9.84 Å². The van der Waals surface area contributed by atoms with E-state index in [0.29, 0.717) is 12.6 Å². The first-order valence-electron chi connectivity index (χ1n) is 7.17. The van der Waals surface area contributed by atoms with E-state index in [1.54, 1.807) is 0 Å². The number of ether oxygens (including phenoxy) is 1. The lowest BCUT2D eigenvalue weighted by Gasteiger charge is -2.35. The van der Waals surface area contributed by atoms with E-state index in [1.807, 2.05) is 0 Å². The third kappa shape index (κ3) is 5.84. The summed E-state index contributed by atoms with van der Waals surface area (Å²) in [5, 5.41) is 12.3. The van der Waals surface area contributed by atoms with Gasteiger partial charge in [0.05, 0.1) is 13.2 Å². The van der Waals surface area contributed by atoms with Crippen LogP contribution in [0.5, 0.6) is 0 Å². The molecule has 0 radical (unpaired) electrons. The standard InChI is InChI=1S/C14H29NO2/c1-12(2)13-6-3-4-7-14(13)15-8-5-10-17-11-9-16/h12-16H,3-11H2,1-2H3. The largest absolute Gasteiger partial charge is 0.394 e. The fraction of sp³-hybridized carbons (Fsp3) is 1.00. The molecule has 2 N–H and O–H groups in total. The molecule has 0 bridgehead atoms. The molecule has 3 nitrogen and oxygen atoms in total. The van der Waals surface area contributed by atoms with Crippen LogP contribution in [0.15, 0.2) is 0 Å². The van der Waals surface area contributed by atoms with Gasteiger partial charge < -0.3 is 15.2 Å². The van der Waals surface area contributed by atoms with E-state index in [1.165, 1.54) is 25.7 Å². The van der Waals surface area contributed by atoms with Gasteiger partial charge in [-0.1, -0.05) is 26.7 Å². The monoisotopic (exact) mass is 243 g/mol. The van der Waals surface area contributed by atoms with Gasteiger partial charge in [-0.25, -0.2) is 0 Å². The highest BCUT2D eigenvalue weighted by atomic mass is 16.5. The van der Waals surface area contributed by atoms with Gasteiger partial charge in [0.25, 0.3) is 0 Å². The average molecular weight is 243 g/mol. The first-order valence-corrected chi connectivity index (χ1v) is 7.17. The number of rotatable bonds is 8. The van der Waals surface area contributed by atoms with Crippen molar-refractivity contribution in [1.82, 2.24) is 5.32 Å². The van der Waals surface area contributed by atoms with Crippen LogP contribution in [0.25, 0.3) is 0 Å². The van der Waals surface area contributed by atoms with Crippen LogP contribution in [0, 0.1) is 11.8 Å². The molecule has 2 atom stereocenters. The number of hydrogen-bond acceptors (Lipinski definition) is 3. The Kier molecular flexibility index (Phi) is 7.82. The zero-order chi connectivity index (χ0) is 12.5. The summed E-state index contributed by atoms with van der Waals surface area (Å²) in [6, 6.07) is 0.710. The lowest BCUT2D eigenvalue weighted by atomic mass is 9.78. The normalized spacial score (nSPS) is 25.4. The van der Waals surface area contributed by atoms with E-state index in [4.69, 9.17) is 9.84 Å². The highest BCUT2D eigenvalue weighted by molar-refractivity contribution is 4.82. The average Bonchev–Trinajstić information content (AvgIpc) is 2.34. The van der Waals surface area contributed by atoms with Gasteiger partial charge in [0.1, 0.15) is 0 Å². The van der Waals surface area contributed by atoms with Crippen LogP contribution in [-0.4, -0.2) is 37.5 Å². The molecule has 0 aliphatic heterocycles. The predicted molar refractivity (Wildman–Crippen MR) is 71.1 cm³/mol. The minimum atomic E-state index is 0.130. The number of nitrogens with one attached hydrogen (secondary N) is 1. The van der Waals surface area contributed by atoms with Gasteiger partial charge in [-0.15, -0.1) is 0 Å². The topological polar surface area (TPSA) is 41.5 Å². The lowest BCUT2D eigenvalue weighted by Crippen LogP contribution is -2.41. The van der Waals surface area contributed by atoms with Gasteiger partial charge >= 0.3 is 0 Å². The molecule has 0 saturated heterocycles. The van der Waals surface area contributed by atoms with Crippen LogP contribution in [0.1, 0.15) is 46.0 Å². The number of hydrogen-bond donors (Lipinski definition) is 2. The maximum atomic E-state index is 8.58. The second kappa shape index (κ2) is 8.90. The van der Waals surface area contributed by atoms with Crippen molar-refractivity contribution >= 4 is 0 Å². The minimum Gasteiger partial charge on any atom is -0.394 e. The van der Waals surface area contributed by atoms with Crippen LogP contribution in [0.2, 0.25) is 0 Å². The fourth-order valence-electron chi connectivity index (χ4n) is 2.84. The Morgan fingerprint density at radius 2 is 2.00 bits per heavy atom. The summed E-state index contributed by atoms with van der Waals surface area (Å²) >= 11 is 0. The summed E-state index contributed by atoms with van der Waals surface area (Å²) in [5.41, 5.74) is 0. The molecular weight excluding hydrogens is 214 g/mol. The SMILES string of the molecule is CC(C)C1CCCCC1NCCCOCCO. The summed E-state index contributed by atoms with van der Waals surface area (Å²) in [6.07, 6.45) is 6.54. The maximum Gasteiger partial charge on any atom is 0.0697 e. The quantitative estimate of drug-likeness (QED) is 0.642. The predicted octanol–water partition coefficient (Wildman–Crippen LogP) is 2.19. The van der Waals surface area contributed by atoms with Crippen LogP contribution in [0.3, 0.4) is 0 Å². The summed E-state index contributed by atoms with van der Waals surface area (Å²) in [7, 11) is 0. The van der Waals surface area contributed by atoms with E-state index < -0.39 is 0 Å². The van der Waals surface area contributed by atoms with E-state index in [9.17, 15) is 0 Å². The van der Waals surface area contributed by atoms with Crippen molar-refractivity contribution in [2.75, 3.05) is 26.4 Å². The van der Waals surface area contributed by atoms with Gasteiger partial charge in [-0.2, -0.15) is 0 Å². The van der Waals surface area contributed by atoms with Crippen LogP contribution >= 0.6 is 0 Å². The van der Waals surface area contributed by atoms with Crippen LogP contribution in [-0.2, 0) is 4.74 Å². The molecule has 3 heteroatoms. The van der Waals surface area contributed by atoms with E-state index in [-0.39, 0.29) is 6.61 Å². The van der Waals surface area contributed by atoms with E-state index in [2.05, 4.69) is 19.2 Å². The number of aliphatic hydroxyl groups is 1. The first kappa shape index (κ1) is 14.9. The molecule has 1 fully saturated rings. The third-order valence-electron chi connectivity index (χ3n) is 3.78. The Morgan fingerprint density at radius 1 is 1.24 bits per heavy atom. The lowest BCUT2D eigenvalue weighted by molar-refractivity contribution is 0.0891. The summed E-state index contributed by atoms with van der Waals surface area (Å²) < 4.78 is 5.26. The van der Waals surface area contributed by atoms with E-state index in [0.717, 1.165) is 31.4 Å². The van der Waals surface area contributed by atoms with Crippen LogP contribution < -0.4 is 5.32 Å². The highest BCUT2D eigenvalue weighted by Crippen LogP contribution is 2.30. The van der Waals surface area contributed by atoms with Gasteiger partial charge in [0, 0.05) is 12.6 Å². The van der Waals surface area contributed by atoms with Crippen molar-refractivity contribution in [2.24, 2.45) is 11.8 Å². The molecule has 2 unspecified atom stereocenters. The Labute approximate surface area is 106 Å². The minimum absolute atomic E-state index is 0.130. The molecule has 1 rings (SSSR count). The number of aliphatic hydroxyl groups excluding tert-OH is 1. The van der Waals surface area contributed by atoms with Crippen LogP contribution in [0.4, 0.5) is 0 Å². The van der Waals surface area contributed by atoms with Gasteiger partial charge in [-0.05, 0) is 37.6 Å². The van der Waals surface area contributed by atoms with Crippen molar-refractivity contribution in [1.29, 1.82) is 0 Å². The summed E-state index contributed by atoms with van der Waals surface area (Å²) in [5.74, 6) is 1.64. The molecule has 0 aromatic rings. The summed E-state index contributed by atoms with van der Waals surface area (Å²) in [6.45, 7) is 7.08. The molecule has 0 heterocycles. The molecule has 1 aliphatic carbocycles. The molecule has 0 aromatic carbocycles. The second-order valence-electron chi connectivity index (χ2n) is 5.44. The zero-order valence-electron chi connectivity index (χ0n) is 11.5. The Balaban J connectivity index is 2.11. The molecule has 17 heavy (non-hydrogen) atoms. The van der Waals surface area contributed by atoms with Crippen molar-refractivity contribution in [2.45, 2.75) is 52.0 Å². The Hall–Kier alpha value is -0.120. The van der Waals surface area contributed by atoms with Crippen molar-refractivity contribution in [3.63, 3.8) is 0 Å². The van der Waals surface area contributed by atoms with E-state index >= 15 is 0 Å². The van der Waals surface area contributed by atoms with Gasteiger partial charge in [0.15, 0.2) is 0 Å². The third-order valence-corrected chi connectivity index (χ3v) is 3.78. The summed E-state index contributed by atoms with van der Waals surface area (Å²) in [4.78, 5) is 0. The smallest absolute Gasteiger partial charge is 0.0697 e. The molecule has 1 aliphatic rings. The van der Waals surface area contributed by atoms with Crippen molar-refractivity contribution in [3.05, 3.63) is 0 Å². The molecular formula is C14H29NO2. The van der Waals surface area contributed by atoms with Crippen molar-refractivity contribution in [3.8, 4) is 0 Å². The maximum absolute atomic E-state index is 8.58. The molecule has 0 amide bonds. The first-order chi connectivity index (χ1) is 8.25. The molecule has 102 valence electrons. The molecule has 0 aromatic heterocycles. The Morgan fingerprint density at radius 3 is 2.71 bits per heavy atom. The second-order valence-corrected chi connectivity index (χ2v) is 5.44. The van der Waals surface area contributed by atoms with Gasteiger partial charge in [-0.3, -0.25) is 0 Å². The zero-order valence-corrected chi connectivity index (χ0v) is 11.5. The fourth-order valence-corrected chi connectivity index (χ4v) is 2.84. The molecule has 1 saturated carbocycles. The highest BCUT2D eigenvalue weighted by Gasteiger charge is 2.26. The van der Waals surface area contributed by atoms with Gasteiger partial charge in [0.2, 0.25) is 0 Å².